The molecule has 3 rings (SSSR count). The molecule has 1 aliphatic heterocycles. The van der Waals surface area contributed by atoms with E-state index in [4.69, 9.17) is 9.47 Å². The zero-order chi connectivity index (χ0) is 21.0. The first-order valence-corrected chi connectivity index (χ1v) is 12.6. The molecule has 8 heteroatoms. The number of hydrogen-bond donors (Lipinski definition) is 1. The summed E-state index contributed by atoms with van der Waals surface area (Å²) < 4.78 is 40.3. The standard InChI is InChI=1S/C21H34N2O5S/c1-4-13-27-17-8-10-18(11-9-17)28-14-20-19(22-29(3,25)26)12-7-16-6-5-15(2)21(24)23(16)20/h5-6,17-20,22H,4,7-14H2,1-3H3. The fraction of sp³-hybridized carbons (Fsp3) is 0.762. The Morgan fingerprint density at radius 1 is 1.10 bits per heavy atom. The highest BCUT2D eigenvalue weighted by atomic mass is 32.2. The van der Waals surface area contributed by atoms with Crippen molar-refractivity contribution in [1.29, 1.82) is 0 Å². The molecule has 7 nitrogen and oxygen atoms in total. The summed E-state index contributed by atoms with van der Waals surface area (Å²) in [5.74, 6) is 0. The monoisotopic (exact) mass is 426 g/mol. The van der Waals surface area contributed by atoms with Crippen molar-refractivity contribution in [2.45, 2.75) is 83.1 Å². The topological polar surface area (TPSA) is 86.6 Å². The van der Waals surface area contributed by atoms with Gasteiger partial charge in [0.15, 0.2) is 0 Å². The fourth-order valence-corrected chi connectivity index (χ4v) is 5.25. The van der Waals surface area contributed by atoms with Gasteiger partial charge in [0.1, 0.15) is 0 Å². The van der Waals surface area contributed by atoms with E-state index in [-0.39, 0.29) is 23.7 Å². The van der Waals surface area contributed by atoms with Crippen LogP contribution in [0.5, 0.6) is 0 Å². The van der Waals surface area contributed by atoms with Crippen molar-refractivity contribution in [2.24, 2.45) is 0 Å². The molecule has 0 amide bonds. The molecule has 0 bridgehead atoms. The van der Waals surface area contributed by atoms with Crippen molar-refractivity contribution in [2.75, 3.05) is 19.5 Å². The SMILES string of the molecule is CCCOC1CCC(OCC2C(NS(C)(=O)=O)CCc3ccc(C)c(=O)n32)CC1. The van der Waals surface area contributed by atoms with E-state index in [9.17, 15) is 13.2 Å². The molecule has 29 heavy (non-hydrogen) atoms. The highest BCUT2D eigenvalue weighted by Crippen LogP contribution is 2.28. The molecule has 0 spiro atoms. The molecule has 2 heterocycles. The van der Waals surface area contributed by atoms with Gasteiger partial charge in [-0.25, -0.2) is 13.1 Å². The second-order valence-corrected chi connectivity index (χ2v) is 10.2. The van der Waals surface area contributed by atoms with Gasteiger partial charge in [0.05, 0.1) is 31.1 Å². The molecule has 2 atom stereocenters. The lowest BCUT2D eigenvalue weighted by molar-refractivity contribution is -0.0421. The van der Waals surface area contributed by atoms with Crippen LogP contribution in [0.2, 0.25) is 0 Å². The Hall–Kier alpha value is -1.22. The number of sulfonamides is 1. The van der Waals surface area contributed by atoms with Gasteiger partial charge >= 0.3 is 0 Å². The van der Waals surface area contributed by atoms with Gasteiger partial charge in [-0.05, 0) is 57.9 Å². The van der Waals surface area contributed by atoms with Gasteiger partial charge in [-0.15, -0.1) is 0 Å². The maximum absolute atomic E-state index is 12.8. The third kappa shape index (κ3) is 5.90. The number of ether oxygens (including phenoxy) is 2. The van der Waals surface area contributed by atoms with E-state index in [1.54, 1.807) is 11.5 Å². The van der Waals surface area contributed by atoms with Crippen LogP contribution >= 0.6 is 0 Å². The molecule has 0 saturated heterocycles. The van der Waals surface area contributed by atoms with E-state index < -0.39 is 10.0 Å². The highest BCUT2D eigenvalue weighted by molar-refractivity contribution is 7.88. The van der Waals surface area contributed by atoms with Gasteiger partial charge in [-0.2, -0.15) is 0 Å². The first-order chi connectivity index (χ1) is 13.8. The molecule has 1 saturated carbocycles. The normalized spacial score (nSPS) is 27.6. The first-order valence-electron chi connectivity index (χ1n) is 10.7. The van der Waals surface area contributed by atoms with Crippen LogP contribution in [0.25, 0.3) is 0 Å². The molecule has 1 aromatic heterocycles. The number of fused-ring (bicyclic) bond motifs is 1. The predicted octanol–water partition coefficient (Wildman–Crippen LogP) is 2.32. The minimum absolute atomic E-state index is 0.0622. The molecule has 0 aromatic carbocycles. The van der Waals surface area contributed by atoms with Gasteiger partial charge in [-0.1, -0.05) is 13.0 Å². The molecular weight excluding hydrogens is 392 g/mol. The smallest absolute Gasteiger partial charge is 0.254 e. The Balaban J connectivity index is 1.71. The average Bonchev–Trinajstić information content (AvgIpc) is 2.68. The van der Waals surface area contributed by atoms with Crippen LogP contribution < -0.4 is 10.3 Å². The Labute approximate surface area is 173 Å². The van der Waals surface area contributed by atoms with Crippen LogP contribution in [0.3, 0.4) is 0 Å². The van der Waals surface area contributed by atoms with Crippen LogP contribution in [0.4, 0.5) is 0 Å². The van der Waals surface area contributed by atoms with E-state index in [1.807, 2.05) is 12.1 Å². The average molecular weight is 427 g/mol. The molecule has 0 radical (unpaired) electrons. The maximum Gasteiger partial charge on any atom is 0.254 e. The van der Waals surface area contributed by atoms with Crippen molar-refractivity contribution < 1.29 is 17.9 Å². The molecule has 1 aliphatic carbocycles. The molecule has 1 N–H and O–H groups in total. The number of nitrogens with one attached hydrogen (secondary N) is 1. The van der Waals surface area contributed by atoms with E-state index in [0.717, 1.165) is 50.7 Å². The summed E-state index contributed by atoms with van der Waals surface area (Å²) >= 11 is 0. The summed E-state index contributed by atoms with van der Waals surface area (Å²) in [6, 6.07) is 3.13. The van der Waals surface area contributed by atoms with Gasteiger partial charge in [0.25, 0.3) is 5.56 Å². The van der Waals surface area contributed by atoms with Crippen molar-refractivity contribution in [1.82, 2.24) is 9.29 Å². The Bertz CT molecular complexity index is 843. The number of aryl methyl sites for hydroxylation is 2. The van der Waals surface area contributed by atoms with Crippen LogP contribution in [-0.2, 0) is 25.9 Å². The highest BCUT2D eigenvalue weighted by Gasteiger charge is 2.33. The van der Waals surface area contributed by atoms with Crippen molar-refractivity contribution in [3.63, 3.8) is 0 Å². The van der Waals surface area contributed by atoms with E-state index in [0.29, 0.717) is 31.1 Å². The summed E-state index contributed by atoms with van der Waals surface area (Å²) in [6.07, 6.45) is 7.78. The molecular formula is C21H34N2O5S. The largest absolute Gasteiger partial charge is 0.378 e. The third-order valence-corrected chi connectivity index (χ3v) is 6.68. The Morgan fingerprint density at radius 3 is 2.38 bits per heavy atom. The van der Waals surface area contributed by atoms with Crippen LogP contribution in [0.15, 0.2) is 16.9 Å². The van der Waals surface area contributed by atoms with Crippen LogP contribution in [0, 0.1) is 6.92 Å². The second kappa shape index (κ2) is 9.73. The zero-order valence-electron chi connectivity index (χ0n) is 17.7. The number of aromatic nitrogens is 1. The van der Waals surface area contributed by atoms with Crippen molar-refractivity contribution in [3.05, 3.63) is 33.7 Å². The summed E-state index contributed by atoms with van der Waals surface area (Å²) in [4.78, 5) is 12.8. The second-order valence-electron chi connectivity index (χ2n) is 8.39. The quantitative estimate of drug-likeness (QED) is 0.689. The molecule has 2 aliphatic rings. The van der Waals surface area contributed by atoms with E-state index in [1.165, 1.54) is 0 Å². The van der Waals surface area contributed by atoms with Gasteiger partial charge in [0, 0.05) is 23.9 Å². The van der Waals surface area contributed by atoms with E-state index >= 15 is 0 Å². The zero-order valence-corrected chi connectivity index (χ0v) is 18.5. The Kier molecular flexibility index (Phi) is 7.53. The lowest BCUT2D eigenvalue weighted by Crippen LogP contribution is -2.49. The van der Waals surface area contributed by atoms with Crippen LogP contribution in [0.1, 0.15) is 62.7 Å². The fourth-order valence-electron chi connectivity index (χ4n) is 4.42. The summed E-state index contributed by atoms with van der Waals surface area (Å²) in [7, 11) is -3.38. The lowest BCUT2D eigenvalue weighted by atomic mass is 9.94. The lowest BCUT2D eigenvalue weighted by Gasteiger charge is -2.37. The summed E-state index contributed by atoms with van der Waals surface area (Å²) in [6.45, 7) is 5.03. The number of rotatable bonds is 8. The molecule has 1 aromatic rings. The summed E-state index contributed by atoms with van der Waals surface area (Å²) in [5, 5.41) is 0. The van der Waals surface area contributed by atoms with Crippen LogP contribution in [-0.4, -0.2) is 50.7 Å². The third-order valence-electron chi connectivity index (χ3n) is 5.95. The minimum atomic E-state index is -3.38. The van der Waals surface area contributed by atoms with Gasteiger partial charge < -0.3 is 14.0 Å². The van der Waals surface area contributed by atoms with Crippen molar-refractivity contribution in [3.8, 4) is 0 Å². The van der Waals surface area contributed by atoms with Gasteiger partial charge in [-0.3, -0.25) is 4.79 Å². The minimum Gasteiger partial charge on any atom is -0.378 e. The Morgan fingerprint density at radius 2 is 1.76 bits per heavy atom. The molecule has 164 valence electrons. The number of nitrogens with zero attached hydrogens (tertiary/aromatic N) is 1. The predicted molar refractivity (Wildman–Crippen MR) is 113 cm³/mol. The van der Waals surface area contributed by atoms with E-state index in [2.05, 4.69) is 11.6 Å². The van der Waals surface area contributed by atoms with Gasteiger partial charge in [0.2, 0.25) is 10.0 Å². The summed E-state index contributed by atoms with van der Waals surface area (Å²) in [5.41, 5.74) is 1.54. The number of hydrogen-bond acceptors (Lipinski definition) is 5. The number of pyridine rings is 1. The first kappa shape index (κ1) is 22.5. The molecule has 2 unspecified atom stereocenters. The molecule has 1 fully saturated rings. The van der Waals surface area contributed by atoms with Crippen molar-refractivity contribution >= 4 is 10.0 Å². The maximum atomic E-state index is 12.8.